The summed E-state index contributed by atoms with van der Waals surface area (Å²) in [6.45, 7) is 4.77. The zero-order valence-corrected chi connectivity index (χ0v) is 15.7. The monoisotopic (exact) mass is 381 g/mol. The molecule has 0 bridgehead atoms. The van der Waals surface area contributed by atoms with Crippen molar-refractivity contribution in [3.8, 4) is 0 Å². The molecule has 0 aliphatic rings. The van der Waals surface area contributed by atoms with Crippen molar-refractivity contribution in [2.45, 2.75) is 26.4 Å². The predicted octanol–water partition coefficient (Wildman–Crippen LogP) is 5.70. The van der Waals surface area contributed by atoms with Crippen LogP contribution in [-0.4, -0.2) is 9.55 Å². The lowest BCUT2D eigenvalue weighted by Gasteiger charge is -2.18. The molecule has 0 saturated carbocycles. The van der Waals surface area contributed by atoms with Crippen molar-refractivity contribution in [3.63, 3.8) is 0 Å². The van der Waals surface area contributed by atoms with Crippen LogP contribution >= 0.6 is 34.8 Å². The summed E-state index contributed by atoms with van der Waals surface area (Å²) in [5, 5.41) is 1.69. The van der Waals surface area contributed by atoms with Crippen LogP contribution in [0.15, 0.2) is 36.4 Å². The van der Waals surface area contributed by atoms with Gasteiger partial charge in [0.2, 0.25) is 0 Å². The maximum atomic E-state index is 6.39. The van der Waals surface area contributed by atoms with Gasteiger partial charge in [0, 0.05) is 11.6 Å². The van der Waals surface area contributed by atoms with E-state index in [4.69, 9.17) is 45.5 Å². The zero-order valence-electron chi connectivity index (χ0n) is 13.4. The summed E-state index contributed by atoms with van der Waals surface area (Å²) < 4.78 is 2.09. The van der Waals surface area contributed by atoms with Gasteiger partial charge in [-0.25, -0.2) is 4.98 Å². The Morgan fingerprint density at radius 3 is 2.46 bits per heavy atom. The zero-order chi connectivity index (χ0) is 17.4. The number of nitrogens with two attached hydrogens (primary N) is 1. The van der Waals surface area contributed by atoms with E-state index in [0.29, 0.717) is 21.6 Å². The molecule has 0 radical (unpaired) electrons. The predicted molar refractivity (Wildman–Crippen MR) is 102 cm³/mol. The van der Waals surface area contributed by atoms with E-state index in [-0.39, 0.29) is 12.0 Å². The second-order valence-electron chi connectivity index (χ2n) is 6.21. The molecule has 0 amide bonds. The standard InChI is InChI=1S/C18H18Cl3N3/c1-10(2)17(22)18-23-15-7-13(20)14(21)8-16(15)24(18)9-11-4-3-5-12(19)6-11/h3-8,10,17H,9,22H2,1-2H3/t17-/m0/s1. The molecule has 3 rings (SSSR count). The van der Waals surface area contributed by atoms with Gasteiger partial charge in [-0.3, -0.25) is 0 Å². The van der Waals surface area contributed by atoms with Gasteiger partial charge >= 0.3 is 0 Å². The summed E-state index contributed by atoms with van der Waals surface area (Å²) in [5.41, 5.74) is 9.16. The number of nitrogens with zero attached hydrogens (tertiary/aromatic N) is 2. The van der Waals surface area contributed by atoms with E-state index >= 15 is 0 Å². The van der Waals surface area contributed by atoms with Gasteiger partial charge in [-0.05, 0) is 35.7 Å². The first-order valence-electron chi connectivity index (χ1n) is 7.72. The molecule has 1 aromatic heterocycles. The molecule has 1 heterocycles. The molecule has 0 spiro atoms. The minimum atomic E-state index is -0.186. The van der Waals surface area contributed by atoms with Crippen LogP contribution in [0.4, 0.5) is 0 Å². The summed E-state index contributed by atoms with van der Waals surface area (Å²) in [4.78, 5) is 4.72. The summed E-state index contributed by atoms with van der Waals surface area (Å²) in [6.07, 6.45) is 0. The van der Waals surface area contributed by atoms with E-state index in [1.807, 2.05) is 30.3 Å². The molecule has 6 heteroatoms. The summed E-state index contributed by atoms with van der Waals surface area (Å²) in [7, 11) is 0. The second-order valence-corrected chi connectivity index (χ2v) is 7.46. The summed E-state index contributed by atoms with van der Waals surface area (Å²) in [6, 6.07) is 11.2. The molecule has 0 fully saturated rings. The Bertz CT molecular complexity index is 887. The molecule has 0 aliphatic heterocycles. The third-order valence-electron chi connectivity index (χ3n) is 4.07. The van der Waals surface area contributed by atoms with Gasteiger partial charge in [0.15, 0.2) is 0 Å². The number of rotatable bonds is 4. The minimum absolute atomic E-state index is 0.186. The molecule has 1 atom stereocenters. The van der Waals surface area contributed by atoms with Gasteiger partial charge < -0.3 is 10.3 Å². The third kappa shape index (κ3) is 3.40. The number of hydrogen-bond acceptors (Lipinski definition) is 2. The largest absolute Gasteiger partial charge is 0.322 e. The van der Waals surface area contributed by atoms with E-state index in [9.17, 15) is 0 Å². The molecule has 2 N–H and O–H groups in total. The lowest BCUT2D eigenvalue weighted by Crippen LogP contribution is -2.22. The van der Waals surface area contributed by atoms with Crippen molar-refractivity contribution in [3.05, 3.63) is 62.9 Å². The van der Waals surface area contributed by atoms with Gasteiger partial charge in [0.25, 0.3) is 0 Å². The van der Waals surface area contributed by atoms with Crippen LogP contribution in [0.25, 0.3) is 11.0 Å². The third-order valence-corrected chi connectivity index (χ3v) is 5.02. The average molecular weight is 383 g/mol. The fraction of sp³-hybridized carbons (Fsp3) is 0.278. The first kappa shape index (κ1) is 17.6. The Hall–Kier alpha value is -1.26. The van der Waals surface area contributed by atoms with Gasteiger partial charge in [-0.15, -0.1) is 0 Å². The van der Waals surface area contributed by atoms with Crippen LogP contribution in [0.5, 0.6) is 0 Å². The van der Waals surface area contributed by atoms with Gasteiger partial charge in [0.05, 0.1) is 27.1 Å². The Morgan fingerprint density at radius 1 is 1.08 bits per heavy atom. The highest BCUT2D eigenvalue weighted by Gasteiger charge is 2.21. The molecule has 3 nitrogen and oxygen atoms in total. The Morgan fingerprint density at radius 2 is 1.79 bits per heavy atom. The molecular formula is C18H18Cl3N3. The van der Waals surface area contributed by atoms with E-state index in [1.165, 1.54) is 0 Å². The SMILES string of the molecule is CC(C)[C@H](N)c1nc2cc(Cl)c(Cl)cc2n1Cc1cccc(Cl)c1. The van der Waals surface area contributed by atoms with Crippen LogP contribution in [0, 0.1) is 5.92 Å². The van der Waals surface area contributed by atoms with E-state index < -0.39 is 0 Å². The van der Waals surface area contributed by atoms with Gasteiger partial charge in [0.1, 0.15) is 5.82 Å². The highest BCUT2D eigenvalue weighted by atomic mass is 35.5. The second kappa shape index (κ2) is 6.93. The van der Waals surface area contributed by atoms with Gasteiger partial charge in [-0.2, -0.15) is 0 Å². The molecular weight excluding hydrogens is 365 g/mol. The smallest absolute Gasteiger partial charge is 0.127 e. The number of benzene rings is 2. The maximum Gasteiger partial charge on any atom is 0.127 e. The summed E-state index contributed by atoms with van der Waals surface area (Å²) in [5.74, 6) is 1.07. The number of imidazole rings is 1. The van der Waals surface area contributed by atoms with Crippen molar-refractivity contribution in [1.82, 2.24) is 9.55 Å². The van der Waals surface area contributed by atoms with Crippen molar-refractivity contribution in [2.24, 2.45) is 11.7 Å². The van der Waals surface area contributed by atoms with Crippen LogP contribution in [0.2, 0.25) is 15.1 Å². The number of aromatic nitrogens is 2. The van der Waals surface area contributed by atoms with Crippen LogP contribution < -0.4 is 5.73 Å². The quantitative estimate of drug-likeness (QED) is 0.629. The average Bonchev–Trinajstić information content (AvgIpc) is 2.85. The van der Waals surface area contributed by atoms with E-state index in [0.717, 1.165) is 22.4 Å². The molecule has 24 heavy (non-hydrogen) atoms. The van der Waals surface area contributed by atoms with E-state index in [2.05, 4.69) is 18.4 Å². The Balaban J connectivity index is 2.18. The fourth-order valence-corrected chi connectivity index (χ4v) is 3.20. The lowest BCUT2D eigenvalue weighted by atomic mass is 10.0. The van der Waals surface area contributed by atoms with Crippen molar-refractivity contribution < 1.29 is 0 Å². The first-order chi connectivity index (χ1) is 11.4. The van der Waals surface area contributed by atoms with E-state index in [1.54, 1.807) is 6.07 Å². The molecule has 0 aliphatic carbocycles. The Labute approximate surface area is 156 Å². The van der Waals surface area contributed by atoms with Crippen LogP contribution in [0.3, 0.4) is 0 Å². The molecule has 2 aromatic carbocycles. The fourth-order valence-electron chi connectivity index (χ4n) is 2.68. The molecule has 0 unspecified atom stereocenters. The van der Waals surface area contributed by atoms with Crippen LogP contribution in [-0.2, 0) is 6.54 Å². The van der Waals surface area contributed by atoms with Crippen molar-refractivity contribution in [1.29, 1.82) is 0 Å². The normalized spacial score (nSPS) is 13.0. The first-order valence-corrected chi connectivity index (χ1v) is 8.85. The van der Waals surface area contributed by atoms with Gasteiger partial charge in [-0.1, -0.05) is 60.8 Å². The topological polar surface area (TPSA) is 43.8 Å². The minimum Gasteiger partial charge on any atom is -0.322 e. The van der Waals surface area contributed by atoms with Crippen molar-refractivity contribution >= 4 is 45.8 Å². The number of hydrogen-bond donors (Lipinski definition) is 1. The summed E-state index contributed by atoms with van der Waals surface area (Å²) >= 11 is 18.5. The highest BCUT2D eigenvalue weighted by molar-refractivity contribution is 6.42. The lowest BCUT2D eigenvalue weighted by molar-refractivity contribution is 0.475. The Kier molecular flexibility index (Phi) is 5.07. The number of halogens is 3. The highest BCUT2D eigenvalue weighted by Crippen LogP contribution is 2.31. The maximum absolute atomic E-state index is 6.39. The molecule has 3 aromatic rings. The molecule has 126 valence electrons. The van der Waals surface area contributed by atoms with Crippen LogP contribution in [0.1, 0.15) is 31.3 Å². The molecule has 0 saturated heterocycles. The number of fused-ring (bicyclic) bond motifs is 1. The van der Waals surface area contributed by atoms with Crippen molar-refractivity contribution in [2.75, 3.05) is 0 Å².